The number of fused-ring (bicyclic) bond motifs is 1. The van der Waals surface area contributed by atoms with Crippen LogP contribution in [-0.2, 0) is 0 Å². The Morgan fingerprint density at radius 1 is 0.750 bits per heavy atom. The van der Waals surface area contributed by atoms with E-state index < -0.39 is 0 Å². The Morgan fingerprint density at radius 3 is 2.30 bits per heavy atom. The quantitative estimate of drug-likeness (QED) is 0.474. The van der Waals surface area contributed by atoms with Crippen LogP contribution in [-0.4, -0.2) is 6.29 Å². The first kappa shape index (κ1) is 12.2. The summed E-state index contributed by atoms with van der Waals surface area (Å²) in [7, 11) is 0. The fourth-order valence-electron chi connectivity index (χ4n) is 2.12. The molecule has 0 fully saturated rings. The van der Waals surface area contributed by atoms with Gasteiger partial charge in [-0.05, 0) is 29.0 Å². The molecule has 0 aliphatic heterocycles. The Balaban J connectivity index is 2.01. The lowest BCUT2D eigenvalue weighted by molar-refractivity contribution is 0.112. The highest BCUT2D eigenvalue weighted by Gasteiger charge is 1.96. The number of aldehydes is 1. The van der Waals surface area contributed by atoms with Crippen LogP contribution in [0.2, 0.25) is 0 Å². The van der Waals surface area contributed by atoms with Crippen LogP contribution < -0.4 is 0 Å². The van der Waals surface area contributed by atoms with Crippen molar-refractivity contribution in [3.05, 3.63) is 83.4 Å². The molecular weight excluding hydrogens is 244 g/mol. The standard InChI is InChI=1S/C19H12O/c20-14-16-10-8-15(9-11-16)12-13-18-6-3-5-17-4-1-2-7-19(17)18/h1-11,14H. The lowest BCUT2D eigenvalue weighted by atomic mass is 10.0. The summed E-state index contributed by atoms with van der Waals surface area (Å²) in [6.45, 7) is 0. The molecule has 0 radical (unpaired) electrons. The van der Waals surface area contributed by atoms with Gasteiger partial charge in [0.25, 0.3) is 0 Å². The van der Waals surface area contributed by atoms with Crippen LogP contribution in [0.1, 0.15) is 21.5 Å². The maximum absolute atomic E-state index is 10.6. The molecule has 1 heteroatoms. The molecule has 0 amide bonds. The molecule has 3 rings (SSSR count). The third-order valence-electron chi connectivity index (χ3n) is 3.18. The average Bonchev–Trinajstić information content (AvgIpc) is 2.53. The molecule has 0 heterocycles. The molecule has 3 aromatic rings. The summed E-state index contributed by atoms with van der Waals surface area (Å²) >= 11 is 0. The predicted octanol–water partition coefficient (Wildman–Crippen LogP) is 4.05. The zero-order chi connectivity index (χ0) is 13.8. The minimum atomic E-state index is 0.667. The number of carbonyl (C=O) groups is 1. The van der Waals surface area contributed by atoms with E-state index in [-0.39, 0.29) is 0 Å². The van der Waals surface area contributed by atoms with Gasteiger partial charge in [0.1, 0.15) is 6.29 Å². The highest BCUT2D eigenvalue weighted by Crippen LogP contribution is 2.17. The highest BCUT2D eigenvalue weighted by atomic mass is 16.1. The summed E-state index contributed by atoms with van der Waals surface area (Å²) in [6.07, 6.45) is 0.835. The first-order chi connectivity index (χ1) is 9.86. The van der Waals surface area contributed by atoms with Crippen molar-refractivity contribution in [2.75, 3.05) is 0 Å². The van der Waals surface area contributed by atoms with E-state index >= 15 is 0 Å². The van der Waals surface area contributed by atoms with Crippen LogP contribution in [0.5, 0.6) is 0 Å². The molecule has 0 aromatic heterocycles. The summed E-state index contributed by atoms with van der Waals surface area (Å²) in [5.74, 6) is 6.34. The molecule has 0 aliphatic carbocycles. The normalized spacial score (nSPS) is 9.80. The molecule has 0 aliphatic rings. The molecule has 0 atom stereocenters. The van der Waals surface area contributed by atoms with Gasteiger partial charge in [-0.3, -0.25) is 4.79 Å². The van der Waals surface area contributed by atoms with Gasteiger partial charge in [0, 0.05) is 16.7 Å². The maximum atomic E-state index is 10.6. The minimum Gasteiger partial charge on any atom is -0.298 e. The van der Waals surface area contributed by atoms with Gasteiger partial charge < -0.3 is 0 Å². The van der Waals surface area contributed by atoms with Gasteiger partial charge in [0.15, 0.2) is 0 Å². The Bertz CT molecular complexity index is 812. The minimum absolute atomic E-state index is 0.667. The smallest absolute Gasteiger partial charge is 0.150 e. The van der Waals surface area contributed by atoms with Crippen LogP contribution in [0, 0.1) is 11.8 Å². The summed E-state index contributed by atoms with van der Waals surface area (Å²) < 4.78 is 0. The lowest BCUT2D eigenvalue weighted by Crippen LogP contribution is -1.81. The van der Waals surface area contributed by atoms with Crippen LogP contribution in [0.25, 0.3) is 10.8 Å². The molecule has 0 unspecified atom stereocenters. The number of carbonyl (C=O) groups excluding carboxylic acids is 1. The average molecular weight is 256 g/mol. The first-order valence-corrected chi connectivity index (χ1v) is 6.42. The molecule has 0 bridgehead atoms. The molecule has 0 N–H and O–H groups in total. The zero-order valence-corrected chi connectivity index (χ0v) is 10.8. The van der Waals surface area contributed by atoms with Crippen LogP contribution in [0.15, 0.2) is 66.7 Å². The van der Waals surface area contributed by atoms with E-state index in [0.29, 0.717) is 5.56 Å². The van der Waals surface area contributed by atoms with Gasteiger partial charge in [-0.15, -0.1) is 0 Å². The molecule has 0 spiro atoms. The fourth-order valence-corrected chi connectivity index (χ4v) is 2.12. The van der Waals surface area contributed by atoms with Crippen molar-refractivity contribution in [1.29, 1.82) is 0 Å². The van der Waals surface area contributed by atoms with Crippen molar-refractivity contribution in [2.24, 2.45) is 0 Å². The van der Waals surface area contributed by atoms with Crippen molar-refractivity contribution in [2.45, 2.75) is 0 Å². The summed E-state index contributed by atoms with van der Waals surface area (Å²) in [6, 6.07) is 21.6. The van der Waals surface area contributed by atoms with Crippen molar-refractivity contribution in [1.82, 2.24) is 0 Å². The number of hydrogen-bond donors (Lipinski definition) is 0. The Labute approximate surface area is 117 Å². The van der Waals surface area contributed by atoms with E-state index in [1.807, 2.05) is 36.4 Å². The predicted molar refractivity (Wildman–Crippen MR) is 81.8 cm³/mol. The van der Waals surface area contributed by atoms with Crippen molar-refractivity contribution in [3.63, 3.8) is 0 Å². The fraction of sp³-hybridized carbons (Fsp3) is 0. The molecule has 0 saturated heterocycles. The zero-order valence-electron chi connectivity index (χ0n) is 10.8. The Hall–Kier alpha value is -2.85. The SMILES string of the molecule is O=Cc1ccc(C#Cc2cccc3ccccc23)cc1. The largest absolute Gasteiger partial charge is 0.298 e. The van der Waals surface area contributed by atoms with Crippen molar-refractivity contribution in [3.8, 4) is 11.8 Å². The number of hydrogen-bond acceptors (Lipinski definition) is 1. The van der Waals surface area contributed by atoms with Crippen LogP contribution >= 0.6 is 0 Å². The second kappa shape index (κ2) is 5.42. The van der Waals surface area contributed by atoms with Crippen molar-refractivity contribution < 1.29 is 4.79 Å². The van der Waals surface area contributed by atoms with Gasteiger partial charge in [0.05, 0.1) is 0 Å². The summed E-state index contributed by atoms with van der Waals surface area (Å²) in [5.41, 5.74) is 2.59. The molecule has 3 aromatic carbocycles. The van der Waals surface area contributed by atoms with E-state index in [4.69, 9.17) is 0 Å². The summed E-state index contributed by atoms with van der Waals surface area (Å²) in [5, 5.41) is 2.35. The third kappa shape index (κ3) is 2.46. The molecule has 0 saturated carbocycles. The van der Waals surface area contributed by atoms with Gasteiger partial charge in [-0.2, -0.15) is 0 Å². The van der Waals surface area contributed by atoms with E-state index in [1.54, 1.807) is 12.1 Å². The Morgan fingerprint density at radius 2 is 1.50 bits per heavy atom. The first-order valence-electron chi connectivity index (χ1n) is 6.42. The van der Waals surface area contributed by atoms with E-state index in [0.717, 1.165) is 22.8 Å². The maximum Gasteiger partial charge on any atom is 0.150 e. The molecule has 1 nitrogen and oxygen atoms in total. The highest BCUT2D eigenvalue weighted by molar-refractivity contribution is 5.88. The topological polar surface area (TPSA) is 17.1 Å². The monoisotopic (exact) mass is 256 g/mol. The number of benzene rings is 3. The van der Waals surface area contributed by atoms with E-state index in [2.05, 4.69) is 30.0 Å². The van der Waals surface area contributed by atoms with Gasteiger partial charge in [0.2, 0.25) is 0 Å². The number of rotatable bonds is 1. The third-order valence-corrected chi connectivity index (χ3v) is 3.18. The van der Waals surface area contributed by atoms with E-state index in [1.165, 1.54) is 5.39 Å². The second-order valence-corrected chi connectivity index (χ2v) is 4.52. The van der Waals surface area contributed by atoms with Gasteiger partial charge in [-0.25, -0.2) is 0 Å². The van der Waals surface area contributed by atoms with Gasteiger partial charge >= 0.3 is 0 Å². The van der Waals surface area contributed by atoms with E-state index in [9.17, 15) is 4.79 Å². The molecule has 94 valence electrons. The Kier molecular flexibility index (Phi) is 3.31. The summed E-state index contributed by atoms with van der Waals surface area (Å²) in [4.78, 5) is 10.6. The lowest BCUT2D eigenvalue weighted by Gasteiger charge is -1.99. The van der Waals surface area contributed by atoms with Gasteiger partial charge in [-0.1, -0.05) is 60.4 Å². The second-order valence-electron chi connectivity index (χ2n) is 4.52. The van der Waals surface area contributed by atoms with Crippen LogP contribution in [0.4, 0.5) is 0 Å². The molecular formula is C19H12O. The van der Waals surface area contributed by atoms with Crippen LogP contribution in [0.3, 0.4) is 0 Å². The molecule has 20 heavy (non-hydrogen) atoms. The van der Waals surface area contributed by atoms with Crippen molar-refractivity contribution >= 4 is 17.1 Å².